The first-order chi connectivity index (χ1) is 23.0. The van der Waals surface area contributed by atoms with E-state index in [-0.39, 0.29) is 37.8 Å². The Morgan fingerprint density at radius 3 is 2.38 bits per heavy atom. The molecule has 2 aliphatic heterocycles. The number of nitro groups is 1. The molecule has 2 saturated carbocycles. The Morgan fingerprint density at radius 2 is 1.71 bits per heavy atom. The second-order valence-corrected chi connectivity index (χ2v) is 13.1. The molecule has 0 aromatic heterocycles. The van der Waals surface area contributed by atoms with Gasteiger partial charge in [-0.15, -0.1) is 0 Å². The molecule has 5 atom stereocenters. The van der Waals surface area contributed by atoms with Gasteiger partial charge in [0.05, 0.1) is 24.7 Å². The number of benzene rings is 1. The van der Waals surface area contributed by atoms with Gasteiger partial charge in [0.1, 0.15) is 18.2 Å². The Balaban J connectivity index is 1.43. The van der Waals surface area contributed by atoms with E-state index in [1.165, 1.54) is 31.1 Å². The van der Waals surface area contributed by atoms with Crippen molar-refractivity contribution in [3.8, 4) is 0 Å². The highest BCUT2D eigenvalue weighted by atomic mass is 16.6. The van der Waals surface area contributed by atoms with Gasteiger partial charge in [0.25, 0.3) is 11.6 Å². The molecule has 14 heteroatoms. The molecule has 2 aliphatic carbocycles. The Bertz CT molecular complexity index is 1430. The van der Waals surface area contributed by atoms with Gasteiger partial charge in [-0.25, -0.2) is 9.59 Å². The van der Waals surface area contributed by atoms with Crippen LogP contribution in [-0.2, 0) is 40.0 Å². The summed E-state index contributed by atoms with van der Waals surface area (Å²) in [5, 5.41) is 13.8. The van der Waals surface area contributed by atoms with Crippen LogP contribution in [0.4, 0.5) is 10.5 Å². The number of hydrogen-bond acceptors (Lipinski definition) is 10. The number of nitrogens with zero attached hydrogens (tertiary/aromatic N) is 3. The van der Waals surface area contributed by atoms with Crippen LogP contribution in [0.25, 0.3) is 0 Å². The molecule has 4 amide bonds. The third-order valence-electron chi connectivity index (χ3n) is 9.82. The van der Waals surface area contributed by atoms with E-state index in [4.69, 9.17) is 14.2 Å². The zero-order chi connectivity index (χ0) is 34.4. The molecular weight excluding hydrogens is 624 g/mol. The Labute approximate surface area is 279 Å². The monoisotopic (exact) mass is 668 g/mol. The lowest BCUT2D eigenvalue weighted by atomic mass is 10.0. The summed E-state index contributed by atoms with van der Waals surface area (Å²) in [7, 11) is 1.21. The molecule has 1 aromatic carbocycles. The largest absolute Gasteiger partial charge is 0.467 e. The summed E-state index contributed by atoms with van der Waals surface area (Å²) >= 11 is 0. The van der Waals surface area contributed by atoms with Crippen molar-refractivity contribution in [2.45, 2.75) is 114 Å². The van der Waals surface area contributed by atoms with Crippen molar-refractivity contribution >= 4 is 35.5 Å². The lowest BCUT2D eigenvalue weighted by molar-refractivity contribution is -0.384. The van der Waals surface area contributed by atoms with Crippen LogP contribution in [0.2, 0.25) is 0 Å². The van der Waals surface area contributed by atoms with E-state index in [9.17, 15) is 34.1 Å². The van der Waals surface area contributed by atoms with Gasteiger partial charge in [-0.2, -0.15) is 0 Å². The summed E-state index contributed by atoms with van der Waals surface area (Å²) < 4.78 is 16.8. The number of esters is 1. The van der Waals surface area contributed by atoms with E-state index < -0.39 is 64.4 Å². The van der Waals surface area contributed by atoms with Crippen molar-refractivity contribution in [2.75, 3.05) is 13.7 Å². The average molecular weight is 669 g/mol. The SMILES string of the molecule is COC(=O)[C@@]12C[C@H]1/C=C\CCCCC[C@H](NC(=O)OC1CCCC1)C(=O)N1C[C@@H](OCc3ccc([N+](=O)[O-])cc3)C[C@H]1C(=O)N2C(C)=O. The molecule has 1 aromatic rings. The van der Waals surface area contributed by atoms with E-state index in [1.54, 1.807) is 12.1 Å². The van der Waals surface area contributed by atoms with Crippen LogP contribution in [0.3, 0.4) is 0 Å². The van der Waals surface area contributed by atoms with Gasteiger partial charge >= 0.3 is 12.1 Å². The molecule has 0 spiro atoms. The number of nitrogens with one attached hydrogen (secondary N) is 1. The molecule has 2 heterocycles. The number of methoxy groups -OCH3 is 1. The summed E-state index contributed by atoms with van der Waals surface area (Å²) in [6.45, 7) is 1.25. The van der Waals surface area contributed by atoms with Gasteiger partial charge in [-0.3, -0.25) is 29.4 Å². The fourth-order valence-electron chi connectivity index (χ4n) is 7.21. The molecule has 1 N–H and O–H groups in total. The Morgan fingerprint density at radius 1 is 1.00 bits per heavy atom. The number of ether oxygens (including phenoxy) is 3. The molecule has 0 bridgehead atoms. The standard InChI is InChI=1S/C34H44N4O10/c1-22(39)37-31(41)29-18-27(47-21-23-14-16-25(17-15-23)38(44)45)20-36(29)30(40)28(35-33(43)48-26-11-8-9-12-26)13-7-5-3-4-6-10-24-19-34(24,37)32(42)46-2/h6,10,14-17,24,26-29H,3-5,7-9,11-13,18-21H2,1-2H3,(H,35,43)/b10-6-/t24-,27+,28+,29+,34-/m1/s1. The first kappa shape index (κ1) is 35.0. The van der Waals surface area contributed by atoms with Gasteiger partial charge in [0.15, 0.2) is 5.54 Å². The number of carbonyl (C=O) groups is 5. The second kappa shape index (κ2) is 15.3. The predicted molar refractivity (Wildman–Crippen MR) is 170 cm³/mol. The molecule has 260 valence electrons. The Kier molecular flexibility index (Phi) is 11.1. The van der Waals surface area contributed by atoms with E-state index in [0.717, 1.165) is 43.4 Å². The van der Waals surface area contributed by atoms with Crippen molar-refractivity contribution in [3.63, 3.8) is 0 Å². The predicted octanol–water partition coefficient (Wildman–Crippen LogP) is 3.95. The molecule has 48 heavy (non-hydrogen) atoms. The normalized spacial score (nSPS) is 28.8. The van der Waals surface area contributed by atoms with E-state index in [1.807, 2.05) is 12.2 Å². The van der Waals surface area contributed by atoms with Crippen LogP contribution in [0, 0.1) is 16.0 Å². The number of hydrogen-bond donors (Lipinski definition) is 1. The van der Waals surface area contributed by atoms with Crippen LogP contribution in [-0.4, -0.2) is 88.0 Å². The minimum absolute atomic E-state index is 0.0155. The number of alkyl carbamates (subject to hydrolysis) is 1. The highest BCUT2D eigenvalue weighted by Crippen LogP contribution is 2.51. The van der Waals surface area contributed by atoms with Crippen LogP contribution in [0.1, 0.15) is 83.1 Å². The quantitative estimate of drug-likeness (QED) is 0.194. The minimum Gasteiger partial charge on any atom is -0.467 e. The summed E-state index contributed by atoms with van der Waals surface area (Å²) in [5.41, 5.74) is -0.938. The van der Waals surface area contributed by atoms with Gasteiger partial charge in [-0.1, -0.05) is 25.0 Å². The smallest absolute Gasteiger partial charge is 0.408 e. The third kappa shape index (κ3) is 7.69. The maximum absolute atomic E-state index is 14.4. The minimum atomic E-state index is -1.52. The number of amides is 4. The van der Waals surface area contributed by atoms with Crippen molar-refractivity contribution in [2.24, 2.45) is 5.92 Å². The number of imide groups is 1. The number of fused-ring (bicyclic) bond motifs is 2. The van der Waals surface area contributed by atoms with Crippen LogP contribution < -0.4 is 5.32 Å². The zero-order valence-corrected chi connectivity index (χ0v) is 27.5. The van der Waals surface area contributed by atoms with E-state index in [0.29, 0.717) is 24.8 Å². The third-order valence-corrected chi connectivity index (χ3v) is 9.82. The molecular formula is C34H44N4O10. The summed E-state index contributed by atoms with van der Waals surface area (Å²) in [4.78, 5) is 81.0. The van der Waals surface area contributed by atoms with E-state index in [2.05, 4.69) is 5.32 Å². The first-order valence-corrected chi connectivity index (χ1v) is 16.8. The number of non-ortho nitro benzene ring substituents is 1. The fourth-order valence-corrected chi connectivity index (χ4v) is 7.21. The number of rotatable bonds is 7. The molecule has 0 unspecified atom stereocenters. The van der Waals surface area contributed by atoms with Crippen LogP contribution >= 0.6 is 0 Å². The first-order valence-electron chi connectivity index (χ1n) is 16.8. The van der Waals surface area contributed by atoms with Crippen molar-refractivity contribution < 1.29 is 43.1 Å². The van der Waals surface area contributed by atoms with Crippen molar-refractivity contribution in [3.05, 3.63) is 52.1 Å². The maximum Gasteiger partial charge on any atom is 0.408 e. The van der Waals surface area contributed by atoms with Crippen molar-refractivity contribution in [1.29, 1.82) is 0 Å². The highest BCUT2D eigenvalue weighted by molar-refractivity contribution is 6.05. The molecule has 5 rings (SSSR count). The number of nitro benzene ring substituents is 1. The fraction of sp³-hybridized carbons (Fsp3) is 0.618. The van der Waals surface area contributed by atoms with Gasteiger partial charge in [0, 0.05) is 37.9 Å². The van der Waals surface area contributed by atoms with Crippen LogP contribution in [0.5, 0.6) is 0 Å². The van der Waals surface area contributed by atoms with E-state index >= 15 is 0 Å². The van der Waals surface area contributed by atoms with Gasteiger partial charge in [0.2, 0.25) is 11.8 Å². The topological polar surface area (TPSA) is 175 Å². The number of allylic oxidation sites excluding steroid dienone is 1. The Hall–Kier alpha value is -4.33. The maximum atomic E-state index is 14.4. The lowest BCUT2D eigenvalue weighted by Gasteiger charge is -2.34. The lowest BCUT2D eigenvalue weighted by Crippen LogP contribution is -2.59. The van der Waals surface area contributed by atoms with Gasteiger partial charge < -0.3 is 24.4 Å². The molecule has 3 fully saturated rings. The molecule has 14 nitrogen and oxygen atoms in total. The summed E-state index contributed by atoms with van der Waals surface area (Å²) in [5.74, 6) is -3.01. The van der Waals surface area contributed by atoms with Gasteiger partial charge in [-0.05, 0) is 69.1 Å². The van der Waals surface area contributed by atoms with Crippen molar-refractivity contribution in [1.82, 2.24) is 15.1 Å². The highest BCUT2D eigenvalue weighted by Gasteiger charge is 2.67. The molecule has 4 aliphatic rings. The summed E-state index contributed by atoms with van der Waals surface area (Å²) in [6.07, 6.45) is 9.20. The molecule has 1 saturated heterocycles. The molecule has 0 radical (unpaired) electrons. The average Bonchev–Trinajstić information content (AvgIpc) is 3.36. The van der Waals surface area contributed by atoms with Crippen LogP contribution in [0.15, 0.2) is 36.4 Å². The second-order valence-electron chi connectivity index (χ2n) is 13.1. The summed E-state index contributed by atoms with van der Waals surface area (Å²) in [6, 6.07) is 3.70. The number of carbonyl (C=O) groups excluding carboxylic acids is 5. The zero-order valence-electron chi connectivity index (χ0n) is 27.5.